The number of nitrogens with zero attached hydrogens (tertiary/aromatic N) is 1. The maximum Gasteiger partial charge on any atom is 0.264 e. The molecule has 1 heterocycles. The normalized spacial score (nSPS) is 15.5. The molecule has 0 aliphatic carbocycles. The molecule has 35 heavy (non-hydrogen) atoms. The van der Waals surface area contributed by atoms with Gasteiger partial charge in [0.15, 0.2) is 16.7 Å². The summed E-state index contributed by atoms with van der Waals surface area (Å²) in [5, 5.41) is 5.02. The van der Waals surface area contributed by atoms with E-state index in [1.807, 2.05) is 37.3 Å². The highest BCUT2D eigenvalue weighted by Crippen LogP contribution is 2.37. The Bertz CT molecular complexity index is 1380. The Balaban J connectivity index is 1.55. The van der Waals surface area contributed by atoms with Crippen LogP contribution >= 0.6 is 69.2 Å². The van der Waals surface area contributed by atoms with Gasteiger partial charge in [0.2, 0.25) is 0 Å². The minimum absolute atomic E-state index is 0.222. The lowest BCUT2D eigenvalue weighted by molar-refractivity contribution is -0.115. The zero-order chi connectivity index (χ0) is 25.1. The number of nitrogens with one attached hydrogen (secondary N) is 1. The number of rotatable bonds is 6. The number of carbonyl (C=O) groups is 1. The minimum Gasteiger partial charge on any atom is -0.493 e. The number of amidine groups is 1. The average Bonchev–Trinajstić information content (AvgIpc) is 3.15. The Morgan fingerprint density at radius 2 is 1.91 bits per heavy atom. The van der Waals surface area contributed by atoms with E-state index < -0.39 is 0 Å². The third-order valence-electron chi connectivity index (χ3n) is 5.05. The van der Waals surface area contributed by atoms with Crippen LogP contribution in [0.5, 0.6) is 11.5 Å². The van der Waals surface area contributed by atoms with Crippen LogP contribution in [0, 0.1) is 10.5 Å². The number of halogens is 4. The molecule has 0 radical (unpaired) electrons. The van der Waals surface area contributed by atoms with Crippen molar-refractivity contribution < 1.29 is 14.3 Å². The number of thioether (sulfide) groups is 1. The van der Waals surface area contributed by atoms with Gasteiger partial charge in [-0.2, -0.15) is 0 Å². The molecule has 0 aromatic heterocycles. The Morgan fingerprint density at radius 1 is 1.11 bits per heavy atom. The molecule has 0 atom stereocenters. The molecular weight excluding hydrogens is 642 g/mol. The first kappa shape index (κ1) is 26.2. The molecule has 1 aliphatic heterocycles. The lowest BCUT2D eigenvalue weighted by Crippen LogP contribution is -2.19. The average molecular weight is 660 g/mol. The molecule has 10 heteroatoms. The van der Waals surface area contributed by atoms with E-state index in [1.54, 1.807) is 31.4 Å². The van der Waals surface area contributed by atoms with Crippen molar-refractivity contribution in [1.29, 1.82) is 0 Å². The Labute approximate surface area is 236 Å². The second-order valence-electron chi connectivity index (χ2n) is 7.42. The van der Waals surface area contributed by atoms with Crippen LogP contribution in [0.1, 0.15) is 16.7 Å². The molecule has 4 rings (SSSR count). The molecule has 1 fully saturated rings. The topological polar surface area (TPSA) is 59.9 Å². The number of aliphatic imine (C=N–C) groups is 1. The van der Waals surface area contributed by atoms with E-state index in [4.69, 9.17) is 44.3 Å². The molecule has 1 aliphatic rings. The molecule has 3 aromatic rings. The summed E-state index contributed by atoms with van der Waals surface area (Å²) in [5.74, 6) is 0.907. The summed E-state index contributed by atoms with van der Waals surface area (Å²) in [5.41, 5.74) is 3.16. The van der Waals surface area contributed by atoms with Gasteiger partial charge >= 0.3 is 0 Å². The number of hydrogen-bond donors (Lipinski definition) is 1. The number of ether oxygens (including phenoxy) is 2. The maximum absolute atomic E-state index is 12.6. The Hall–Kier alpha value is -1.91. The lowest BCUT2D eigenvalue weighted by atomic mass is 10.2. The van der Waals surface area contributed by atoms with Crippen LogP contribution < -0.4 is 14.8 Å². The van der Waals surface area contributed by atoms with Crippen molar-refractivity contribution in [3.05, 3.63) is 88.8 Å². The van der Waals surface area contributed by atoms with Crippen molar-refractivity contribution >= 4 is 92.0 Å². The predicted octanol–water partition coefficient (Wildman–Crippen LogP) is 8.04. The van der Waals surface area contributed by atoms with Gasteiger partial charge in [0.25, 0.3) is 5.91 Å². The first-order chi connectivity index (χ1) is 16.7. The summed E-state index contributed by atoms with van der Waals surface area (Å²) >= 11 is 21.9. The highest BCUT2D eigenvalue weighted by Gasteiger charge is 2.24. The zero-order valence-electron chi connectivity index (χ0n) is 18.5. The maximum atomic E-state index is 12.6. The first-order valence-corrected chi connectivity index (χ1v) is 13.3. The number of amides is 1. The van der Waals surface area contributed by atoms with Crippen LogP contribution in [0.3, 0.4) is 0 Å². The minimum atomic E-state index is -0.222. The standard InChI is InChI=1S/C25H18Cl3IN2O3S/c1-13-17(27)4-3-5-20(13)30-25-31-24(32)22(35-25)10-14-8-19(29)23(21(9-14)33-2)34-12-15-6-7-16(26)11-18(15)28/h3-11H,12H2,1-2H3,(H,30,31,32)/b22-10+. The highest BCUT2D eigenvalue weighted by molar-refractivity contribution is 14.1. The van der Waals surface area contributed by atoms with Crippen LogP contribution in [0.15, 0.2) is 58.4 Å². The van der Waals surface area contributed by atoms with Gasteiger partial charge in [0.1, 0.15) is 6.61 Å². The van der Waals surface area contributed by atoms with Gasteiger partial charge in [-0.3, -0.25) is 4.79 Å². The largest absolute Gasteiger partial charge is 0.493 e. The SMILES string of the molecule is COc1cc(/C=C2/SC(=Nc3cccc(Cl)c3C)NC2=O)cc(I)c1OCc1ccc(Cl)cc1Cl. The molecule has 0 saturated carbocycles. The van der Waals surface area contributed by atoms with Crippen molar-refractivity contribution in [3.63, 3.8) is 0 Å². The molecule has 1 saturated heterocycles. The van der Waals surface area contributed by atoms with Crippen LogP contribution in [-0.2, 0) is 11.4 Å². The van der Waals surface area contributed by atoms with Gasteiger partial charge in [-0.05, 0) is 94.9 Å². The van der Waals surface area contributed by atoms with Gasteiger partial charge in [0.05, 0.1) is 21.3 Å². The fraction of sp³-hybridized carbons (Fsp3) is 0.120. The highest BCUT2D eigenvalue weighted by atomic mass is 127. The van der Waals surface area contributed by atoms with Crippen LogP contribution in [0.25, 0.3) is 6.08 Å². The summed E-state index contributed by atoms with van der Waals surface area (Å²) in [6.45, 7) is 2.14. The lowest BCUT2D eigenvalue weighted by Gasteiger charge is -2.14. The van der Waals surface area contributed by atoms with Gasteiger partial charge in [-0.1, -0.05) is 46.9 Å². The number of methoxy groups -OCH3 is 1. The second kappa shape index (κ2) is 11.4. The number of carbonyl (C=O) groups excluding carboxylic acids is 1. The van der Waals surface area contributed by atoms with E-state index >= 15 is 0 Å². The predicted molar refractivity (Wildman–Crippen MR) is 153 cm³/mol. The third-order valence-corrected chi connectivity index (χ3v) is 7.76. The van der Waals surface area contributed by atoms with Crippen LogP contribution in [-0.4, -0.2) is 18.2 Å². The van der Waals surface area contributed by atoms with E-state index in [0.29, 0.717) is 42.3 Å². The molecule has 1 N–H and O–H groups in total. The van der Waals surface area contributed by atoms with Gasteiger partial charge in [-0.25, -0.2) is 4.99 Å². The Morgan fingerprint density at radius 3 is 2.66 bits per heavy atom. The molecule has 0 unspecified atom stereocenters. The monoisotopic (exact) mass is 658 g/mol. The van der Waals surface area contributed by atoms with Gasteiger partial charge in [0, 0.05) is 20.6 Å². The van der Waals surface area contributed by atoms with E-state index in [1.165, 1.54) is 11.8 Å². The fourth-order valence-electron chi connectivity index (χ4n) is 3.21. The molecule has 1 amide bonds. The van der Waals surface area contributed by atoms with Crippen molar-refractivity contribution in [1.82, 2.24) is 5.32 Å². The summed E-state index contributed by atoms with van der Waals surface area (Å²) in [6, 6.07) is 14.5. The first-order valence-electron chi connectivity index (χ1n) is 10.2. The quantitative estimate of drug-likeness (QED) is 0.215. The van der Waals surface area contributed by atoms with Gasteiger partial charge < -0.3 is 14.8 Å². The second-order valence-corrected chi connectivity index (χ2v) is 10.9. The Kier molecular flexibility index (Phi) is 8.54. The summed E-state index contributed by atoms with van der Waals surface area (Å²) < 4.78 is 12.4. The molecule has 180 valence electrons. The van der Waals surface area contributed by atoms with Crippen molar-refractivity contribution in [2.45, 2.75) is 13.5 Å². The van der Waals surface area contributed by atoms with Crippen molar-refractivity contribution in [2.75, 3.05) is 7.11 Å². The van der Waals surface area contributed by atoms with E-state index in [-0.39, 0.29) is 12.5 Å². The number of benzene rings is 3. The van der Waals surface area contributed by atoms with Crippen LogP contribution in [0.4, 0.5) is 5.69 Å². The van der Waals surface area contributed by atoms with E-state index in [2.05, 4.69) is 32.9 Å². The van der Waals surface area contributed by atoms with E-state index in [0.717, 1.165) is 20.3 Å². The molecule has 5 nitrogen and oxygen atoms in total. The van der Waals surface area contributed by atoms with Crippen molar-refractivity contribution in [2.24, 2.45) is 4.99 Å². The number of hydrogen-bond acceptors (Lipinski definition) is 5. The molecule has 0 spiro atoms. The molecule has 3 aromatic carbocycles. The van der Waals surface area contributed by atoms with Gasteiger partial charge in [-0.15, -0.1) is 0 Å². The summed E-state index contributed by atoms with van der Waals surface area (Å²) in [4.78, 5) is 17.6. The van der Waals surface area contributed by atoms with Crippen LogP contribution in [0.2, 0.25) is 15.1 Å². The summed E-state index contributed by atoms with van der Waals surface area (Å²) in [7, 11) is 1.57. The van der Waals surface area contributed by atoms with E-state index in [9.17, 15) is 4.79 Å². The fourth-order valence-corrected chi connectivity index (χ4v) is 5.46. The zero-order valence-corrected chi connectivity index (χ0v) is 23.7. The van der Waals surface area contributed by atoms with Crippen molar-refractivity contribution in [3.8, 4) is 11.5 Å². The smallest absolute Gasteiger partial charge is 0.264 e. The third kappa shape index (κ3) is 6.27. The molecular formula is C25H18Cl3IN2O3S. The summed E-state index contributed by atoms with van der Waals surface area (Å²) in [6.07, 6.45) is 1.79. The molecule has 0 bridgehead atoms.